The molecule has 18 heavy (non-hydrogen) atoms. The molecule has 0 amide bonds. The van der Waals surface area contributed by atoms with E-state index in [0.29, 0.717) is 0 Å². The lowest BCUT2D eigenvalue weighted by molar-refractivity contribution is -0.221. The van der Waals surface area contributed by atoms with Crippen molar-refractivity contribution in [2.75, 3.05) is 0 Å². The topological polar surface area (TPSA) is 47.9 Å². The fraction of sp³-hybridized carbons (Fsp3) is 0.538. The summed E-state index contributed by atoms with van der Waals surface area (Å²) in [5.41, 5.74) is 0.970. The summed E-state index contributed by atoms with van der Waals surface area (Å²) in [5.74, 6) is -0.676. The van der Waals surface area contributed by atoms with E-state index in [0.717, 1.165) is 10.0 Å². The molecule has 0 aliphatic carbocycles. The standard InChI is InChI=1S/C13H15BrO4/c1-13(2)17-10-9(16-12(15)11(10)18-13)7-4-3-5-8(14)6-7/h3-6,9-12,15H,1-2H3/t9-,10-,11-,12?/m0/s1. The number of hydrogen-bond acceptors (Lipinski definition) is 4. The van der Waals surface area contributed by atoms with Crippen molar-refractivity contribution in [1.82, 2.24) is 0 Å². The van der Waals surface area contributed by atoms with Crippen LogP contribution in [0.2, 0.25) is 0 Å². The van der Waals surface area contributed by atoms with Crippen molar-refractivity contribution in [3.05, 3.63) is 34.3 Å². The molecule has 0 aromatic heterocycles. The molecule has 2 fully saturated rings. The maximum atomic E-state index is 9.89. The molecule has 3 rings (SSSR count). The fourth-order valence-corrected chi connectivity index (χ4v) is 2.95. The number of halogens is 1. The van der Waals surface area contributed by atoms with Gasteiger partial charge in [0.15, 0.2) is 12.1 Å². The summed E-state index contributed by atoms with van der Waals surface area (Å²) >= 11 is 3.43. The number of benzene rings is 1. The zero-order valence-electron chi connectivity index (χ0n) is 10.2. The Morgan fingerprint density at radius 3 is 2.67 bits per heavy atom. The summed E-state index contributed by atoms with van der Waals surface area (Å²) in [5, 5.41) is 9.89. The van der Waals surface area contributed by atoms with Gasteiger partial charge < -0.3 is 19.3 Å². The van der Waals surface area contributed by atoms with Crippen molar-refractivity contribution < 1.29 is 19.3 Å². The Morgan fingerprint density at radius 1 is 1.22 bits per heavy atom. The number of aliphatic hydroxyl groups excluding tert-OH is 1. The Balaban J connectivity index is 1.90. The van der Waals surface area contributed by atoms with Gasteiger partial charge in [-0.3, -0.25) is 0 Å². The van der Waals surface area contributed by atoms with Gasteiger partial charge in [0.25, 0.3) is 0 Å². The molecule has 1 aromatic rings. The molecule has 2 saturated heterocycles. The molecular formula is C13H15BrO4. The molecule has 1 aromatic carbocycles. The largest absolute Gasteiger partial charge is 0.366 e. The molecule has 0 spiro atoms. The Labute approximate surface area is 114 Å². The predicted molar refractivity (Wildman–Crippen MR) is 67.8 cm³/mol. The fourth-order valence-electron chi connectivity index (χ4n) is 2.53. The highest BCUT2D eigenvalue weighted by Crippen LogP contribution is 2.44. The highest BCUT2D eigenvalue weighted by Gasteiger charge is 2.55. The SMILES string of the molecule is CC1(C)O[C@@H]2[C@H](O1)C(O)O[C@H]2c1cccc(Br)c1. The molecule has 0 radical (unpaired) electrons. The normalized spacial score (nSPS) is 37.8. The highest BCUT2D eigenvalue weighted by atomic mass is 79.9. The zero-order chi connectivity index (χ0) is 12.9. The summed E-state index contributed by atoms with van der Waals surface area (Å²) < 4.78 is 18.0. The van der Waals surface area contributed by atoms with E-state index >= 15 is 0 Å². The first kappa shape index (κ1) is 12.6. The van der Waals surface area contributed by atoms with Gasteiger partial charge in [0.05, 0.1) is 0 Å². The minimum atomic E-state index is -0.944. The lowest BCUT2D eigenvalue weighted by Gasteiger charge is -2.22. The lowest BCUT2D eigenvalue weighted by atomic mass is 10.0. The first-order valence-corrected chi connectivity index (χ1v) is 6.70. The van der Waals surface area contributed by atoms with Crippen LogP contribution in [0.4, 0.5) is 0 Å². The summed E-state index contributed by atoms with van der Waals surface area (Å²) in [6.07, 6.45) is -1.95. The molecule has 98 valence electrons. The van der Waals surface area contributed by atoms with Crippen LogP contribution in [0.25, 0.3) is 0 Å². The van der Waals surface area contributed by atoms with Gasteiger partial charge in [-0.2, -0.15) is 0 Å². The van der Waals surface area contributed by atoms with E-state index in [1.54, 1.807) is 0 Å². The monoisotopic (exact) mass is 314 g/mol. The van der Waals surface area contributed by atoms with Gasteiger partial charge in [-0.25, -0.2) is 0 Å². The van der Waals surface area contributed by atoms with Crippen LogP contribution in [0.1, 0.15) is 25.5 Å². The minimum absolute atomic E-state index is 0.274. The highest BCUT2D eigenvalue weighted by molar-refractivity contribution is 9.10. The van der Waals surface area contributed by atoms with Crippen LogP contribution in [0.3, 0.4) is 0 Å². The van der Waals surface area contributed by atoms with E-state index in [4.69, 9.17) is 14.2 Å². The van der Waals surface area contributed by atoms with Crippen LogP contribution in [0.15, 0.2) is 28.7 Å². The van der Waals surface area contributed by atoms with Crippen molar-refractivity contribution >= 4 is 15.9 Å². The second-order valence-corrected chi connectivity index (χ2v) is 5.98. The second-order valence-electron chi connectivity index (χ2n) is 5.07. The Morgan fingerprint density at radius 2 is 1.94 bits per heavy atom. The van der Waals surface area contributed by atoms with Crippen molar-refractivity contribution in [2.24, 2.45) is 0 Å². The Hall–Kier alpha value is -0.460. The molecular weight excluding hydrogens is 300 g/mol. The smallest absolute Gasteiger partial charge is 0.184 e. The first-order chi connectivity index (χ1) is 8.46. The third-order valence-electron chi connectivity index (χ3n) is 3.21. The number of rotatable bonds is 1. The summed E-state index contributed by atoms with van der Waals surface area (Å²) in [7, 11) is 0. The summed E-state index contributed by atoms with van der Waals surface area (Å²) in [6.45, 7) is 3.69. The summed E-state index contributed by atoms with van der Waals surface area (Å²) in [4.78, 5) is 0. The molecule has 2 aliphatic rings. The van der Waals surface area contributed by atoms with E-state index in [2.05, 4.69) is 15.9 Å². The van der Waals surface area contributed by atoms with Gasteiger partial charge in [-0.05, 0) is 31.5 Å². The maximum absolute atomic E-state index is 9.89. The van der Waals surface area contributed by atoms with E-state index in [1.807, 2.05) is 38.1 Å². The molecule has 2 aliphatic heterocycles. The molecule has 0 saturated carbocycles. The van der Waals surface area contributed by atoms with Gasteiger partial charge in [0.1, 0.15) is 18.3 Å². The second kappa shape index (κ2) is 4.28. The minimum Gasteiger partial charge on any atom is -0.366 e. The molecule has 5 heteroatoms. The summed E-state index contributed by atoms with van der Waals surface area (Å²) in [6, 6.07) is 7.80. The van der Waals surface area contributed by atoms with Crippen molar-refractivity contribution in [3.63, 3.8) is 0 Å². The molecule has 0 bridgehead atoms. The van der Waals surface area contributed by atoms with Crippen molar-refractivity contribution in [2.45, 2.75) is 44.2 Å². The Bertz CT molecular complexity index is 462. The van der Waals surface area contributed by atoms with Crippen LogP contribution in [-0.4, -0.2) is 29.4 Å². The van der Waals surface area contributed by atoms with Crippen LogP contribution < -0.4 is 0 Å². The average molecular weight is 315 g/mol. The third-order valence-corrected chi connectivity index (χ3v) is 3.70. The first-order valence-electron chi connectivity index (χ1n) is 5.91. The predicted octanol–water partition coefficient (Wildman–Crippen LogP) is 2.36. The molecule has 4 nitrogen and oxygen atoms in total. The number of hydrogen-bond donors (Lipinski definition) is 1. The molecule has 4 atom stereocenters. The number of ether oxygens (including phenoxy) is 3. The van der Waals surface area contributed by atoms with Gasteiger partial charge >= 0.3 is 0 Å². The van der Waals surface area contributed by atoms with E-state index in [9.17, 15) is 5.11 Å². The van der Waals surface area contributed by atoms with E-state index in [-0.39, 0.29) is 12.2 Å². The van der Waals surface area contributed by atoms with Crippen LogP contribution >= 0.6 is 15.9 Å². The lowest BCUT2D eigenvalue weighted by Crippen LogP contribution is -2.29. The Kier molecular flexibility index (Phi) is 2.99. The molecule has 1 unspecified atom stereocenters. The molecule has 1 N–H and O–H groups in total. The number of fused-ring (bicyclic) bond motifs is 1. The van der Waals surface area contributed by atoms with Gasteiger partial charge in [-0.15, -0.1) is 0 Å². The van der Waals surface area contributed by atoms with E-state index in [1.165, 1.54) is 0 Å². The molecule has 2 heterocycles. The van der Waals surface area contributed by atoms with Crippen LogP contribution in [0.5, 0.6) is 0 Å². The van der Waals surface area contributed by atoms with E-state index < -0.39 is 18.2 Å². The van der Waals surface area contributed by atoms with Crippen LogP contribution in [-0.2, 0) is 14.2 Å². The average Bonchev–Trinajstić information content (AvgIpc) is 2.74. The van der Waals surface area contributed by atoms with Crippen molar-refractivity contribution in [3.8, 4) is 0 Å². The van der Waals surface area contributed by atoms with Gasteiger partial charge in [0.2, 0.25) is 0 Å². The number of aliphatic hydroxyl groups is 1. The third kappa shape index (κ3) is 2.10. The van der Waals surface area contributed by atoms with Gasteiger partial charge in [-0.1, -0.05) is 28.1 Å². The zero-order valence-corrected chi connectivity index (χ0v) is 11.8. The maximum Gasteiger partial charge on any atom is 0.184 e. The van der Waals surface area contributed by atoms with Gasteiger partial charge in [0, 0.05) is 4.47 Å². The quantitative estimate of drug-likeness (QED) is 0.864. The van der Waals surface area contributed by atoms with Crippen LogP contribution in [0, 0.1) is 0 Å². The van der Waals surface area contributed by atoms with Crippen molar-refractivity contribution in [1.29, 1.82) is 0 Å².